The van der Waals surface area contributed by atoms with E-state index < -0.39 is 0 Å². The summed E-state index contributed by atoms with van der Waals surface area (Å²) in [5.74, 6) is 0. The van der Waals surface area contributed by atoms with Gasteiger partial charge in [-0.05, 0) is 71.2 Å². The Labute approximate surface area is 132 Å². The molecule has 2 atom stereocenters. The lowest BCUT2D eigenvalue weighted by Gasteiger charge is -2.50. The van der Waals surface area contributed by atoms with E-state index in [0.29, 0.717) is 11.5 Å². The van der Waals surface area contributed by atoms with Gasteiger partial charge in [0.15, 0.2) is 0 Å². The van der Waals surface area contributed by atoms with Crippen LogP contribution in [-0.2, 0) is 0 Å². The lowest BCUT2D eigenvalue weighted by Crippen LogP contribution is -2.60. The molecule has 0 aromatic rings. The van der Waals surface area contributed by atoms with Crippen LogP contribution in [0.5, 0.6) is 0 Å². The predicted molar refractivity (Wildman–Crippen MR) is 91.8 cm³/mol. The van der Waals surface area contributed by atoms with Crippen LogP contribution in [0.25, 0.3) is 0 Å². The van der Waals surface area contributed by atoms with Crippen LogP contribution >= 0.6 is 0 Å². The second-order valence-corrected chi connectivity index (χ2v) is 8.11. The van der Waals surface area contributed by atoms with Gasteiger partial charge in [-0.1, -0.05) is 27.2 Å². The molecule has 0 spiro atoms. The highest BCUT2D eigenvalue weighted by Crippen LogP contribution is 2.38. The molecule has 3 nitrogen and oxygen atoms in total. The number of rotatable bonds is 5. The van der Waals surface area contributed by atoms with Gasteiger partial charge in [0.25, 0.3) is 0 Å². The summed E-state index contributed by atoms with van der Waals surface area (Å²) in [5.41, 5.74) is 0.441. The molecular formula is C18H37N3. The van der Waals surface area contributed by atoms with Gasteiger partial charge in [0.2, 0.25) is 0 Å². The Kier molecular flexibility index (Phi) is 6.10. The second kappa shape index (κ2) is 7.43. The molecule has 0 bridgehead atoms. The molecule has 1 saturated carbocycles. The van der Waals surface area contributed by atoms with Crippen LogP contribution in [0.15, 0.2) is 0 Å². The minimum atomic E-state index is 0.441. The molecule has 0 aromatic carbocycles. The molecule has 0 aromatic heterocycles. The summed E-state index contributed by atoms with van der Waals surface area (Å²) in [7, 11) is 4.46. The second-order valence-electron chi connectivity index (χ2n) is 8.11. The van der Waals surface area contributed by atoms with E-state index >= 15 is 0 Å². The van der Waals surface area contributed by atoms with Crippen LogP contribution in [0, 0.1) is 5.41 Å². The molecule has 2 rings (SSSR count). The van der Waals surface area contributed by atoms with Crippen molar-refractivity contribution in [2.75, 3.05) is 33.7 Å². The van der Waals surface area contributed by atoms with Gasteiger partial charge >= 0.3 is 0 Å². The van der Waals surface area contributed by atoms with E-state index in [1.807, 2.05) is 0 Å². The fourth-order valence-corrected chi connectivity index (χ4v) is 4.45. The van der Waals surface area contributed by atoms with E-state index in [9.17, 15) is 0 Å². The van der Waals surface area contributed by atoms with Crippen molar-refractivity contribution < 1.29 is 0 Å². The Hall–Kier alpha value is -0.120. The molecule has 124 valence electrons. The van der Waals surface area contributed by atoms with E-state index in [2.05, 4.69) is 50.0 Å². The van der Waals surface area contributed by atoms with Gasteiger partial charge in [0.1, 0.15) is 0 Å². The van der Waals surface area contributed by atoms with Gasteiger partial charge < -0.3 is 10.2 Å². The summed E-state index contributed by atoms with van der Waals surface area (Å²) >= 11 is 0. The zero-order valence-electron chi connectivity index (χ0n) is 15.0. The van der Waals surface area contributed by atoms with Crippen LogP contribution in [0.2, 0.25) is 0 Å². The Balaban J connectivity index is 1.99. The van der Waals surface area contributed by atoms with E-state index in [1.165, 1.54) is 58.2 Å². The highest BCUT2D eigenvalue weighted by atomic mass is 15.2. The van der Waals surface area contributed by atoms with Crippen molar-refractivity contribution in [3.63, 3.8) is 0 Å². The van der Waals surface area contributed by atoms with Gasteiger partial charge in [-0.2, -0.15) is 0 Å². The van der Waals surface area contributed by atoms with E-state index in [4.69, 9.17) is 0 Å². The number of hydrogen-bond acceptors (Lipinski definition) is 3. The maximum atomic E-state index is 3.89. The van der Waals surface area contributed by atoms with E-state index in [1.54, 1.807) is 0 Å². The van der Waals surface area contributed by atoms with Crippen LogP contribution in [0.4, 0.5) is 0 Å². The van der Waals surface area contributed by atoms with Crippen molar-refractivity contribution in [2.24, 2.45) is 5.41 Å². The number of piperidine rings is 1. The molecule has 21 heavy (non-hydrogen) atoms. The third kappa shape index (κ3) is 4.20. The smallest absolute Gasteiger partial charge is 0.0274 e. The van der Waals surface area contributed by atoms with E-state index in [-0.39, 0.29) is 0 Å². The molecule has 0 radical (unpaired) electrons. The molecule has 3 heteroatoms. The fourth-order valence-electron chi connectivity index (χ4n) is 4.45. The molecule has 0 amide bonds. The average molecular weight is 296 g/mol. The SMILES string of the molecule is CCCNC1C(N2CCC(N(C)C)CC2)CCCC1(C)C. The zero-order valence-corrected chi connectivity index (χ0v) is 15.0. The van der Waals surface area contributed by atoms with Crippen molar-refractivity contribution in [3.05, 3.63) is 0 Å². The van der Waals surface area contributed by atoms with Crippen LogP contribution < -0.4 is 5.32 Å². The molecule has 2 fully saturated rings. The molecule has 1 N–H and O–H groups in total. The third-order valence-electron chi connectivity index (χ3n) is 5.86. The Morgan fingerprint density at radius 1 is 1.14 bits per heavy atom. The largest absolute Gasteiger partial charge is 0.312 e. The molecule has 2 aliphatic rings. The molecule has 1 aliphatic heterocycles. The first-order valence-corrected chi connectivity index (χ1v) is 9.09. The van der Waals surface area contributed by atoms with Crippen LogP contribution in [-0.4, -0.2) is 61.7 Å². The minimum Gasteiger partial charge on any atom is -0.312 e. The van der Waals surface area contributed by atoms with E-state index in [0.717, 1.165) is 12.1 Å². The first-order chi connectivity index (χ1) is 9.95. The molecule has 1 heterocycles. The van der Waals surface area contributed by atoms with Crippen molar-refractivity contribution in [2.45, 2.75) is 77.4 Å². The number of nitrogens with zero attached hydrogens (tertiary/aromatic N) is 2. The Bertz CT molecular complexity index is 306. The monoisotopic (exact) mass is 295 g/mol. The predicted octanol–water partition coefficient (Wildman–Crippen LogP) is 2.96. The summed E-state index contributed by atoms with van der Waals surface area (Å²) in [6.07, 6.45) is 8.07. The van der Waals surface area contributed by atoms with Crippen LogP contribution in [0.3, 0.4) is 0 Å². The van der Waals surface area contributed by atoms with Crippen molar-refractivity contribution >= 4 is 0 Å². The fraction of sp³-hybridized carbons (Fsp3) is 1.00. The first-order valence-electron chi connectivity index (χ1n) is 9.09. The summed E-state index contributed by atoms with van der Waals surface area (Å²) < 4.78 is 0. The van der Waals surface area contributed by atoms with Gasteiger partial charge in [0.05, 0.1) is 0 Å². The number of nitrogens with one attached hydrogen (secondary N) is 1. The maximum absolute atomic E-state index is 3.89. The highest BCUT2D eigenvalue weighted by molar-refractivity contribution is 4.99. The quantitative estimate of drug-likeness (QED) is 0.841. The van der Waals surface area contributed by atoms with Gasteiger partial charge in [0, 0.05) is 18.1 Å². The molecule has 1 aliphatic carbocycles. The topological polar surface area (TPSA) is 18.5 Å². The summed E-state index contributed by atoms with van der Waals surface area (Å²) in [6, 6.07) is 2.21. The lowest BCUT2D eigenvalue weighted by molar-refractivity contribution is 0.0238. The molecule has 1 saturated heterocycles. The highest BCUT2D eigenvalue weighted by Gasteiger charge is 2.41. The van der Waals surface area contributed by atoms with Crippen molar-refractivity contribution in [3.8, 4) is 0 Å². The van der Waals surface area contributed by atoms with Crippen molar-refractivity contribution in [1.29, 1.82) is 0 Å². The lowest BCUT2D eigenvalue weighted by atomic mass is 9.70. The number of likely N-dealkylation sites (tertiary alicyclic amines) is 1. The summed E-state index contributed by atoms with van der Waals surface area (Å²) in [4.78, 5) is 5.21. The number of hydrogen-bond donors (Lipinski definition) is 1. The van der Waals surface area contributed by atoms with Gasteiger partial charge in [-0.3, -0.25) is 4.90 Å². The standard InChI is InChI=1S/C18H37N3/c1-6-12-19-17-16(8-7-11-18(17,2)3)21-13-9-15(10-14-21)20(4)5/h15-17,19H,6-14H2,1-5H3. The molecule has 2 unspecified atom stereocenters. The zero-order chi connectivity index (χ0) is 15.5. The Morgan fingerprint density at radius 2 is 1.81 bits per heavy atom. The normalized spacial score (nSPS) is 31.7. The van der Waals surface area contributed by atoms with Crippen molar-refractivity contribution in [1.82, 2.24) is 15.1 Å². The maximum Gasteiger partial charge on any atom is 0.0274 e. The minimum absolute atomic E-state index is 0.441. The Morgan fingerprint density at radius 3 is 2.38 bits per heavy atom. The third-order valence-corrected chi connectivity index (χ3v) is 5.86. The van der Waals surface area contributed by atoms with Gasteiger partial charge in [-0.25, -0.2) is 0 Å². The van der Waals surface area contributed by atoms with Crippen LogP contribution in [0.1, 0.15) is 59.3 Å². The summed E-state index contributed by atoms with van der Waals surface area (Å²) in [6.45, 7) is 11.0. The average Bonchev–Trinajstić information content (AvgIpc) is 2.45. The summed E-state index contributed by atoms with van der Waals surface area (Å²) in [5, 5.41) is 3.89. The van der Waals surface area contributed by atoms with Gasteiger partial charge in [-0.15, -0.1) is 0 Å². The first kappa shape index (κ1) is 17.2. The molecular weight excluding hydrogens is 258 g/mol.